The van der Waals surface area contributed by atoms with E-state index >= 15 is 0 Å². The summed E-state index contributed by atoms with van der Waals surface area (Å²) < 4.78 is 33.3. The van der Waals surface area contributed by atoms with Crippen LogP contribution < -0.4 is 5.73 Å². The number of carbonyl (C=O) groups excluding carboxylic acids is 1. The van der Waals surface area contributed by atoms with Crippen LogP contribution in [0.1, 0.15) is 162 Å². The fourth-order valence-corrected chi connectivity index (χ4v) is 5.98. The van der Waals surface area contributed by atoms with Crippen LogP contribution in [0.3, 0.4) is 0 Å². The van der Waals surface area contributed by atoms with E-state index in [4.69, 9.17) is 24.3 Å². The van der Waals surface area contributed by atoms with Crippen molar-refractivity contribution in [2.45, 2.75) is 168 Å². The average molecular weight is 738 g/mol. The summed E-state index contributed by atoms with van der Waals surface area (Å²) in [6, 6.07) is 0. The highest BCUT2D eigenvalue weighted by Crippen LogP contribution is 2.43. The Labute approximate surface area is 313 Å². The lowest BCUT2D eigenvalue weighted by Crippen LogP contribution is -2.28. The maximum absolute atomic E-state index is 12.6. The fraction of sp³-hybridized carbons (Fsp3) is 0.738. The molecule has 0 spiro atoms. The van der Waals surface area contributed by atoms with Gasteiger partial charge in [-0.05, 0) is 77.0 Å². The standard InChI is InChI=1S/C42H76NO7P/c1-3-5-7-9-11-13-15-17-18-19-20-21-22-23-25-27-29-31-33-35-42(44)50-41(40-49-51(45,46)48-38-36-43)39-47-37-34-32-30-28-26-24-16-14-12-10-8-6-4-2/h5,7,11-14,17-18,20-21,41H,3-4,6,8-10,15-16,19,22-40,43H2,1-2H3,(H,45,46)/b7-5-,13-11-,14-12-,18-17-,21-20-. The summed E-state index contributed by atoms with van der Waals surface area (Å²) in [6.07, 6.45) is 46.6. The van der Waals surface area contributed by atoms with Gasteiger partial charge in [0.2, 0.25) is 0 Å². The molecule has 0 heterocycles. The molecule has 0 bridgehead atoms. The molecule has 9 heteroatoms. The normalized spacial score (nSPS) is 14.2. The maximum atomic E-state index is 12.6. The smallest absolute Gasteiger partial charge is 0.457 e. The van der Waals surface area contributed by atoms with Gasteiger partial charge in [-0.25, -0.2) is 4.57 Å². The number of unbranched alkanes of at least 4 members (excludes halogenated alkanes) is 15. The number of carbonyl (C=O) groups is 1. The highest BCUT2D eigenvalue weighted by Gasteiger charge is 2.25. The van der Waals surface area contributed by atoms with Gasteiger partial charge < -0.3 is 20.1 Å². The molecule has 0 amide bonds. The van der Waals surface area contributed by atoms with E-state index in [0.29, 0.717) is 13.0 Å². The molecular formula is C42H76NO7P. The van der Waals surface area contributed by atoms with Crippen molar-refractivity contribution >= 4 is 13.8 Å². The third kappa shape index (κ3) is 39.2. The van der Waals surface area contributed by atoms with Crippen LogP contribution in [0.25, 0.3) is 0 Å². The van der Waals surface area contributed by atoms with E-state index in [9.17, 15) is 14.3 Å². The molecule has 3 N–H and O–H groups in total. The Morgan fingerprint density at radius 1 is 0.608 bits per heavy atom. The van der Waals surface area contributed by atoms with E-state index in [2.05, 4.69) is 74.6 Å². The molecule has 0 saturated heterocycles. The lowest BCUT2D eigenvalue weighted by atomic mass is 10.1. The number of allylic oxidation sites excluding steroid dienone is 10. The molecule has 0 fully saturated rings. The van der Waals surface area contributed by atoms with E-state index < -0.39 is 13.9 Å². The Hall–Kier alpha value is -1.80. The molecule has 0 radical (unpaired) electrons. The Morgan fingerprint density at radius 2 is 1.10 bits per heavy atom. The first kappa shape index (κ1) is 49.2. The van der Waals surface area contributed by atoms with Crippen molar-refractivity contribution in [1.29, 1.82) is 0 Å². The number of nitrogens with two attached hydrogens (primary N) is 1. The largest absolute Gasteiger partial charge is 0.472 e. The molecule has 0 aromatic heterocycles. The van der Waals surface area contributed by atoms with Crippen LogP contribution in [0.15, 0.2) is 60.8 Å². The van der Waals surface area contributed by atoms with Crippen molar-refractivity contribution in [1.82, 2.24) is 0 Å². The van der Waals surface area contributed by atoms with Gasteiger partial charge in [0.1, 0.15) is 6.10 Å². The van der Waals surface area contributed by atoms with Crippen molar-refractivity contribution in [3.8, 4) is 0 Å². The van der Waals surface area contributed by atoms with Crippen molar-refractivity contribution < 1.29 is 32.8 Å². The number of hydrogen-bond acceptors (Lipinski definition) is 7. The average Bonchev–Trinajstić information content (AvgIpc) is 3.12. The van der Waals surface area contributed by atoms with Crippen LogP contribution in [0.5, 0.6) is 0 Å². The van der Waals surface area contributed by atoms with Crippen molar-refractivity contribution in [2.24, 2.45) is 5.73 Å². The molecule has 2 unspecified atom stereocenters. The zero-order valence-electron chi connectivity index (χ0n) is 32.6. The van der Waals surface area contributed by atoms with Gasteiger partial charge in [-0.2, -0.15) is 0 Å². The maximum Gasteiger partial charge on any atom is 0.472 e. The molecule has 0 aliphatic carbocycles. The number of ether oxygens (including phenoxy) is 2. The molecule has 8 nitrogen and oxygen atoms in total. The van der Waals surface area contributed by atoms with Crippen molar-refractivity contribution in [2.75, 3.05) is 33.0 Å². The van der Waals surface area contributed by atoms with E-state index in [1.54, 1.807) is 0 Å². The number of phosphoric ester groups is 1. The molecule has 0 aromatic rings. The second-order valence-electron chi connectivity index (χ2n) is 13.1. The van der Waals surface area contributed by atoms with E-state index in [-0.39, 0.29) is 32.3 Å². The van der Waals surface area contributed by atoms with Crippen molar-refractivity contribution in [3.05, 3.63) is 60.8 Å². The minimum Gasteiger partial charge on any atom is -0.457 e. The number of esters is 1. The summed E-state index contributed by atoms with van der Waals surface area (Å²) in [5.41, 5.74) is 5.36. The van der Waals surface area contributed by atoms with Gasteiger partial charge in [0.25, 0.3) is 0 Å². The Bertz CT molecular complexity index is 963. The number of rotatable bonds is 38. The third-order valence-electron chi connectivity index (χ3n) is 8.17. The van der Waals surface area contributed by atoms with Crippen LogP contribution in [0.4, 0.5) is 0 Å². The van der Waals surface area contributed by atoms with Gasteiger partial charge in [0.05, 0.1) is 19.8 Å². The molecule has 0 aromatic carbocycles. The van der Waals surface area contributed by atoms with Gasteiger partial charge in [-0.15, -0.1) is 0 Å². The predicted molar refractivity (Wildman–Crippen MR) is 215 cm³/mol. The molecule has 296 valence electrons. The molecule has 0 aliphatic heterocycles. The highest BCUT2D eigenvalue weighted by molar-refractivity contribution is 7.47. The third-order valence-corrected chi connectivity index (χ3v) is 9.15. The zero-order chi connectivity index (χ0) is 37.4. The second-order valence-corrected chi connectivity index (χ2v) is 14.6. The SMILES string of the molecule is CC/C=C\C/C=C\C/C=C\C/C=C\CCCCCCCCC(=O)OC(COCCCCCCCC/C=C\CCCCC)COP(=O)(O)OCCN. The minimum atomic E-state index is -4.28. The number of hydrogen-bond donors (Lipinski definition) is 2. The monoisotopic (exact) mass is 738 g/mol. The van der Waals surface area contributed by atoms with Crippen LogP contribution in [-0.2, 0) is 27.9 Å². The fourth-order valence-electron chi connectivity index (χ4n) is 5.22. The Morgan fingerprint density at radius 3 is 1.67 bits per heavy atom. The molecule has 0 aliphatic rings. The first-order valence-electron chi connectivity index (χ1n) is 20.3. The lowest BCUT2D eigenvalue weighted by molar-refractivity contribution is -0.154. The van der Waals surface area contributed by atoms with E-state index in [1.165, 1.54) is 70.6 Å². The summed E-state index contributed by atoms with van der Waals surface area (Å²) in [6.45, 7) is 4.74. The van der Waals surface area contributed by atoms with E-state index in [0.717, 1.165) is 70.6 Å². The Kier molecular flexibility index (Phi) is 38.0. The second kappa shape index (κ2) is 39.4. The summed E-state index contributed by atoms with van der Waals surface area (Å²) in [4.78, 5) is 22.4. The molecule has 0 saturated carbocycles. The zero-order valence-corrected chi connectivity index (χ0v) is 33.5. The molecular weight excluding hydrogens is 661 g/mol. The van der Waals surface area contributed by atoms with Crippen LogP contribution in [-0.4, -0.2) is 49.9 Å². The minimum absolute atomic E-state index is 0.0941. The highest BCUT2D eigenvalue weighted by atomic mass is 31.2. The van der Waals surface area contributed by atoms with Gasteiger partial charge >= 0.3 is 13.8 Å². The van der Waals surface area contributed by atoms with Crippen molar-refractivity contribution in [3.63, 3.8) is 0 Å². The summed E-state index contributed by atoms with van der Waals surface area (Å²) in [7, 11) is -4.28. The first-order valence-corrected chi connectivity index (χ1v) is 21.8. The molecule has 2 atom stereocenters. The quantitative estimate of drug-likeness (QED) is 0.0278. The topological polar surface area (TPSA) is 117 Å². The van der Waals surface area contributed by atoms with Gasteiger partial charge in [-0.3, -0.25) is 13.8 Å². The number of phosphoric acid groups is 1. The van der Waals surface area contributed by atoms with Crippen LogP contribution in [0, 0.1) is 0 Å². The predicted octanol–water partition coefficient (Wildman–Crippen LogP) is 11.8. The van der Waals surface area contributed by atoms with Crippen LogP contribution in [0.2, 0.25) is 0 Å². The Balaban J connectivity index is 4.10. The molecule has 0 rings (SSSR count). The van der Waals surface area contributed by atoms with Crippen LogP contribution >= 0.6 is 7.82 Å². The summed E-state index contributed by atoms with van der Waals surface area (Å²) in [5.74, 6) is -0.349. The summed E-state index contributed by atoms with van der Waals surface area (Å²) >= 11 is 0. The first-order chi connectivity index (χ1) is 24.9. The van der Waals surface area contributed by atoms with E-state index in [1.807, 2.05) is 0 Å². The van der Waals surface area contributed by atoms with Gasteiger partial charge in [-0.1, -0.05) is 139 Å². The van der Waals surface area contributed by atoms with Gasteiger partial charge in [0.15, 0.2) is 0 Å². The summed E-state index contributed by atoms with van der Waals surface area (Å²) in [5, 5.41) is 0. The lowest BCUT2D eigenvalue weighted by Gasteiger charge is -2.20. The molecule has 51 heavy (non-hydrogen) atoms. The van der Waals surface area contributed by atoms with Gasteiger partial charge in [0, 0.05) is 19.6 Å².